The van der Waals surface area contributed by atoms with E-state index in [4.69, 9.17) is 0 Å². The average Bonchev–Trinajstić information content (AvgIpc) is 2.39. The first-order valence-electron chi connectivity index (χ1n) is 6.06. The normalized spacial score (nSPS) is 12.2. The van der Waals surface area contributed by atoms with Crippen LogP contribution in [0.1, 0.15) is 20.8 Å². The molecule has 1 rings (SSSR count). The Labute approximate surface area is 114 Å². The fourth-order valence-corrected chi connectivity index (χ4v) is 2.20. The molecule has 0 aliphatic carbocycles. The molecule has 0 unspecified atom stereocenters. The van der Waals surface area contributed by atoms with Gasteiger partial charge in [-0.25, -0.2) is 8.42 Å². The Balaban J connectivity index is 2.87. The molecule has 1 aromatic carbocycles. The predicted octanol–water partition coefficient (Wildman–Crippen LogP) is 1.42. The van der Waals surface area contributed by atoms with Crippen LogP contribution in [-0.2, 0) is 14.6 Å². The van der Waals surface area contributed by atoms with Crippen molar-refractivity contribution in [1.29, 1.82) is 0 Å². The summed E-state index contributed by atoms with van der Waals surface area (Å²) >= 11 is 0. The number of carbonyl (C=O) groups excluding carboxylic acids is 1. The van der Waals surface area contributed by atoms with Crippen molar-refractivity contribution < 1.29 is 13.2 Å². The molecule has 0 radical (unpaired) electrons. The molecule has 0 fully saturated rings. The summed E-state index contributed by atoms with van der Waals surface area (Å²) in [4.78, 5) is 12.2. The molecule has 1 aromatic rings. The average molecular weight is 284 g/mol. The second-order valence-corrected chi connectivity index (χ2v) is 7.04. The van der Waals surface area contributed by atoms with Gasteiger partial charge in [0.25, 0.3) is 0 Å². The van der Waals surface area contributed by atoms with Crippen LogP contribution >= 0.6 is 0 Å². The Bertz CT molecular complexity index is 548. The van der Waals surface area contributed by atoms with Crippen LogP contribution in [0.3, 0.4) is 0 Å². The van der Waals surface area contributed by atoms with Gasteiger partial charge in [-0.2, -0.15) is 0 Å². The zero-order valence-corrected chi connectivity index (χ0v) is 12.5. The highest BCUT2D eigenvalue weighted by Crippen LogP contribution is 2.16. The molecule has 0 atom stereocenters. The first-order chi connectivity index (χ1) is 8.73. The van der Waals surface area contributed by atoms with Gasteiger partial charge < -0.3 is 10.6 Å². The van der Waals surface area contributed by atoms with Crippen LogP contribution in [0.2, 0.25) is 0 Å². The lowest BCUT2D eigenvalue weighted by molar-refractivity contribution is -0.121. The van der Waals surface area contributed by atoms with Gasteiger partial charge in [-0.05, 0) is 45.2 Å². The fourth-order valence-electron chi connectivity index (χ4n) is 1.31. The van der Waals surface area contributed by atoms with Gasteiger partial charge in [-0.3, -0.25) is 4.79 Å². The summed E-state index contributed by atoms with van der Waals surface area (Å²) in [6.45, 7) is 5.12. The Morgan fingerprint density at radius 3 is 2.16 bits per heavy atom. The first kappa shape index (κ1) is 15.7. The maximum Gasteiger partial charge on any atom is 0.244 e. The van der Waals surface area contributed by atoms with Gasteiger partial charge in [0.1, 0.15) is 0 Å². The molecular weight excluding hydrogens is 264 g/mol. The lowest BCUT2D eigenvalue weighted by atomic mass is 10.1. The SMILES string of the molecule is CCS(=O)(=O)c1ccc(NC(=O)C(C)(C)NC)cc1. The monoisotopic (exact) mass is 284 g/mol. The van der Waals surface area contributed by atoms with Crippen molar-refractivity contribution >= 4 is 21.4 Å². The zero-order chi connectivity index (χ0) is 14.7. The van der Waals surface area contributed by atoms with Crippen molar-refractivity contribution in [3.05, 3.63) is 24.3 Å². The predicted molar refractivity (Wildman–Crippen MR) is 75.9 cm³/mol. The van der Waals surface area contributed by atoms with E-state index in [-0.39, 0.29) is 16.6 Å². The highest BCUT2D eigenvalue weighted by Gasteiger charge is 2.25. The number of anilines is 1. The van der Waals surface area contributed by atoms with Gasteiger partial charge in [-0.15, -0.1) is 0 Å². The summed E-state index contributed by atoms with van der Waals surface area (Å²) in [5.74, 6) is -0.119. The molecule has 19 heavy (non-hydrogen) atoms. The van der Waals surface area contributed by atoms with E-state index >= 15 is 0 Å². The highest BCUT2D eigenvalue weighted by molar-refractivity contribution is 7.91. The minimum absolute atomic E-state index is 0.0610. The highest BCUT2D eigenvalue weighted by atomic mass is 32.2. The van der Waals surface area contributed by atoms with E-state index in [9.17, 15) is 13.2 Å². The number of hydrogen-bond acceptors (Lipinski definition) is 4. The van der Waals surface area contributed by atoms with Gasteiger partial charge in [-0.1, -0.05) is 6.92 Å². The molecule has 5 nitrogen and oxygen atoms in total. The van der Waals surface area contributed by atoms with Crippen LogP contribution in [0.4, 0.5) is 5.69 Å². The van der Waals surface area contributed by atoms with Gasteiger partial charge >= 0.3 is 0 Å². The van der Waals surface area contributed by atoms with Crippen LogP contribution in [0.15, 0.2) is 29.2 Å². The summed E-state index contributed by atoms with van der Waals surface area (Å²) in [5.41, 5.74) is -0.114. The molecule has 0 bridgehead atoms. The number of sulfone groups is 1. The van der Waals surface area contributed by atoms with Crippen molar-refractivity contribution in [1.82, 2.24) is 5.32 Å². The minimum Gasteiger partial charge on any atom is -0.325 e. The van der Waals surface area contributed by atoms with Gasteiger partial charge in [0.2, 0.25) is 5.91 Å². The topological polar surface area (TPSA) is 75.3 Å². The van der Waals surface area contributed by atoms with Crippen LogP contribution < -0.4 is 10.6 Å². The Morgan fingerprint density at radius 1 is 1.21 bits per heavy atom. The van der Waals surface area contributed by atoms with Gasteiger partial charge in [0, 0.05) is 5.69 Å². The van der Waals surface area contributed by atoms with E-state index in [1.807, 2.05) is 0 Å². The van der Waals surface area contributed by atoms with Crippen molar-refractivity contribution in [2.75, 3.05) is 18.1 Å². The second-order valence-electron chi connectivity index (χ2n) is 4.76. The second kappa shape index (κ2) is 5.71. The van der Waals surface area contributed by atoms with E-state index in [1.165, 1.54) is 12.1 Å². The van der Waals surface area contributed by atoms with E-state index in [0.29, 0.717) is 5.69 Å². The molecule has 0 heterocycles. The maximum absolute atomic E-state index is 11.9. The maximum atomic E-state index is 11.9. The number of hydrogen-bond donors (Lipinski definition) is 2. The van der Waals surface area contributed by atoms with Crippen molar-refractivity contribution in [2.45, 2.75) is 31.2 Å². The number of carbonyl (C=O) groups is 1. The van der Waals surface area contributed by atoms with Crippen molar-refractivity contribution in [3.8, 4) is 0 Å². The molecule has 0 saturated carbocycles. The molecule has 6 heteroatoms. The molecule has 0 saturated heterocycles. The van der Waals surface area contributed by atoms with Crippen LogP contribution in [0, 0.1) is 0 Å². The quantitative estimate of drug-likeness (QED) is 0.857. The van der Waals surface area contributed by atoms with Gasteiger partial charge in [0.15, 0.2) is 9.84 Å². The summed E-state index contributed by atoms with van der Waals surface area (Å²) in [6, 6.07) is 6.18. The molecule has 0 aliphatic rings. The molecule has 0 aliphatic heterocycles. The summed E-state index contributed by atoms with van der Waals surface area (Å²) in [6.07, 6.45) is 0. The summed E-state index contributed by atoms with van der Waals surface area (Å²) < 4.78 is 23.3. The van der Waals surface area contributed by atoms with Crippen molar-refractivity contribution in [3.63, 3.8) is 0 Å². The third kappa shape index (κ3) is 3.78. The van der Waals surface area contributed by atoms with Crippen molar-refractivity contribution in [2.24, 2.45) is 0 Å². The Hall–Kier alpha value is -1.40. The number of amides is 1. The Kier molecular flexibility index (Phi) is 4.70. The number of nitrogens with one attached hydrogen (secondary N) is 2. The number of benzene rings is 1. The fraction of sp³-hybridized carbons (Fsp3) is 0.462. The molecule has 1 amide bonds. The first-order valence-corrected chi connectivity index (χ1v) is 7.71. The minimum atomic E-state index is -3.20. The lowest BCUT2D eigenvalue weighted by Gasteiger charge is -2.22. The van der Waals surface area contributed by atoms with E-state index in [2.05, 4.69) is 10.6 Å². The summed E-state index contributed by atoms with van der Waals surface area (Å²) in [7, 11) is -1.50. The number of likely N-dealkylation sites (N-methyl/N-ethyl adjacent to an activating group) is 1. The number of rotatable bonds is 5. The zero-order valence-electron chi connectivity index (χ0n) is 11.6. The molecule has 0 aromatic heterocycles. The molecule has 0 spiro atoms. The van der Waals surface area contributed by atoms with Crippen LogP contribution in [-0.4, -0.2) is 32.7 Å². The molecule has 106 valence electrons. The summed E-state index contributed by atoms with van der Waals surface area (Å²) in [5, 5.41) is 5.63. The van der Waals surface area contributed by atoms with Crippen LogP contribution in [0.5, 0.6) is 0 Å². The third-order valence-electron chi connectivity index (χ3n) is 3.04. The lowest BCUT2D eigenvalue weighted by Crippen LogP contribution is -2.47. The van der Waals surface area contributed by atoms with Crippen LogP contribution in [0.25, 0.3) is 0 Å². The van der Waals surface area contributed by atoms with E-state index in [0.717, 1.165) is 0 Å². The smallest absolute Gasteiger partial charge is 0.244 e. The van der Waals surface area contributed by atoms with E-state index in [1.54, 1.807) is 40.0 Å². The Morgan fingerprint density at radius 2 is 1.74 bits per heavy atom. The standard InChI is InChI=1S/C13H20N2O3S/c1-5-19(17,18)11-8-6-10(7-9-11)15-12(16)13(2,3)14-4/h6-9,14H,5H2,1-4H3,(H,15,16). The third-order valence-corrected chi connectivity index (χ3v) is 4.79. The largest absolute Gasteiger partial charge is 0.325 e. The molecule has 2 N–H and O–H groups in total. The van der Waals surface area contributed by atoms with Gasteiger partial charge in [0.05, 0.1) is 16.2 Å². The van der Waals surface area contributed by atoms with E-state index < -0.39 is 15.4 Å². The molecular formula is C13H20N2O3S.